The number of aromatic nitrogens is 1. The summed E-state index contributed by atoms with van der Waals surface area (Å²) in [7, 11) is 0. The minimum absolute atomic E-state index is 0.252. The second-order valence-corrected chi connectivity index (χ2v) is 4.71. The molecule has 2 N–H and O–H groups in total. The van der Waals surface area contributed by atoms with Gasteiger partial charge >= 0.3 is 0 Å². The quantitative estimate of drug-likeness (QED) is 0.782. The zero-order valence-corrected chi connectivity index (χ0v) is 9.82. The van der Waals surface area contributed by atoms with Gasteiger partial charge in [0.25, 0.3) is 5.91 Å². The van der Waals surface area contributed by atoms with E-state index in [-0.39, 0.29) is 11.6 Å². The molecular weight excluding hydrogens is 220 g/mol. The monoisotopic (exact) mass is 238 g/mol. The summed E-state index contributed by atoms with van der Waals surface area (Å²) < 4.78 is 4.60. The first-order valence-electron chi connectivity index (χ1n) is 6.11. The second-order valence-electron chi connectivity index (χ2n) is 4.71. The van der Waals surface area contributed by atoms with Crippen molar-refractivity contribution in [2.75, 3.05) is 6.54 Å². The van der Waals surface area contributed by atoms with Crippen molar-refractivity contribution in [3.63, 3.8) is 0 Å². The molecule has 17 heavy (non-hydrogen) atoms. The Balaban J connectivity index is 1.86. The summed E-state index contributed by atoms with van der Waals surface area (Å²) in [5.41, 5.74) is -0.502. The van der Waals surface area contributed by atoms with Crippen LogP contribution in [0, 0.1) is 0 Å². The average molecular weight is 238 g/mol. The third-order valence-corrected chi connectivity index (χ3v) is 3.28. The van der Waals surface area contributed by atoms with Crippen LogP contribution in [0.5, 0.6) is 0 Å². The van der Waals surface area contributed by atoms with Crippen LogP contribution in [0.2, 0.25) is 0 Å². The summed E-state index contributed by atoms with van der Waals surface area (Å²) in [4.78, 5) is 11.6. The maximum absolute atomic E-state index is 11.6. The molecule has 0 aliphatic heterocycles. The third kappa shape index (κ3) is 3.30. The molecule has 0 spiro atoms. The second kappa shape index (κ2) is 5.31. The summed E-state index contributed by atoms with van der Waals surface area (Å²) in [6.07, 6.45) is 7.25. The van der Waals surface area contributed by atoms with E-state index in [9.17, 15) is 9.90 Å². The zero-order chi connectivity index (χ0) is 12.1. The highest BCUT2D eigenvalue weighted by molar-refractivity contribution is 5.91. The standard InChI is InChI=1S/C12H18N2O3/c15-11(10-5-8-17-14-10)13-9-12(16)6-3-1-2-4-7-12/h5,8,16H,1-4,6-7,9H2,(H,13,15). The number of rotatable bonds is 3. The predicted molar refractivity (Wildman–Crippen MR) is 61.5 cm³/mol. The van der Waals surface area contributed by atoms with Crippen molar-refractivity contribution in [3.8, 4) is 0 Å². The van der Waals surface area contributed by atoms with Gasteiger partial charge in [-0.15, -0.1) is 0 Å². The number of aliphatic hydroxyl groups is 1. The SMILES string of the molecule is O=C(NCC1(O)CCCCCC1)c1ccon1. The normalized spacial score (nSPS) is 19.6. The molecule has 0 unspecified atom stereocenters. The van der Waals surface area contributed by atoms with E-state index in [1.54, 1.807) is 0 Å². The van der Waals surface area contributed by atoms with Crippen LogP contribution in [0.1, 0.15) is 49.0 Å². The molecule has 1 aromatic heterocycles. The Morgan fingerprint density at radius 2 is 2.12 bits per heavy atom. The first kappa shape index (κ1) is 12.1. The smallest absolute Gasteiger partial charge is 0.273 e. The Labute approximate surface area is 100 Å². The van der Waals surface area contributed by atoms with Crippen molar-refractivity contribution in [1.29, 1.82) is 0 Å². The number of nitrogens with one attached hydrogen (secondary N) is 1. The molecule has 5 heteroatoms. The lowest BCUT2D eigenvalue weighted by Crippen LogP contribution is -2.42. The first-order chi connectivity index (χ1) is 8.20. The van der Waals surface area contributed by atoms with Gasteiger partial charge in [0.15, 0.2) is 5.69 Å². The number of amides is 1. The predicted octanol–water partition coefficient (Wildman–Crippen LogP) is 1.49. The summed E-state index contributed by atoms with van der Waals surface area (Å²) in [6.45, 7) is 0.290. The first-order valence-corrected chi connectivity index (χ1v) is 6.11. The van der Waals surface area contributed by atoms with Crippen LogP contribution in [-0.2, 0) is 0 Å². The van der Waals surface area contributed by atoms with E-state index in [0.29, 0.717) is 6.54 Å². The van der Waals surface area contributed by atoms with Crippen LogP contribution in [0.4, 0.5) is 0 Å². The largest absolute Gasteiger partial charge is 0.388 e. The average Bonchev–Trinajstić information content (AvgIpc) is 2.77. The van der Waals surface area contributed by atoms with Crippen LogP contribution in [0.25, 0.3) is 0 Å². The molecule has 5 nitrogen and oxygen atoms in total. The van der Waals surface area contributed by atoms with E-state index < -0.39 is 5.60 Å². The molecule has 0 saturated heterocycles. The number of carbonyl (C=O) groups excluding carboxylic acids is 1. The maximum atomic E-state index is 11.6. The van der Waals surface area contributed by atoms with Crippen molar-refractivity contribution in [2.24, 2.45) is 0 Å². The molecule has 1 aliphatic rings. The number of nitrogens with zero attached hydrogens (tertiary/aromatic N) is 1. The summed E-state index contributed by atoms with van der Waals surface area (Å²) in [5.74, 6) is -0.295. The number of carbonyl (C=O) groups is 1. The minimum Gasteiger partial charge on any atom is -0.388 e. The minimum atomic E-state index is -0.754. The Morgan fingerprint density at radius 1 is 1.41 bits per heavy atom. The fraction of sp³-hybridized carbons (Fsp3) is 0.667. The van der Waals surface area contributed by atoms with Gasteiger partial charge in [0, 0.05) is 12.6 Å². The molecule has 0 aromatic carbocycles. The Kier molecular flexibility index (Phi) is 3.78. The van der Waals surface area contributed by atoms with Crippen LogP contribution < -0.4 is 5.32 Å². The van der Waals surface area contributed by atoms with Gasteiger partial charge in [0.05, 0.1) is 5.60 Å². The van der Waals surface area contributed by atoms with Crippen molar-refractivity contribution in [1.82, 2.24) is 10.5 Å². The van der Waals surface area contributed by atoms with Gasteiger partial charge in [-0.1, -0.05) is 30.8 Å². The highest BCUT2D eigenvalue weighted by Gasteiger charge is 2.28. The van der Waals surface area contributed by atoms with Gasteiger partial charge in [-0.2, -0.15) is 0 Å². The molecule has 1 saturated carbocycles. The van der Waals surface area contributed by atoms with E-state index in [4.69, 9.17) is 0 Å². The van der Waals surface area contributed by atoms with Gasteiger partial charge in [0.2, 0.25) is 0 Å². The van der Waals surface area contributed by atoms with Crippen molar-refractivity contribution < 1.29 is 14.4 Å². The van der Waals surface area contributed by atoms with E-state index in [1.165, 1.54) is 25.2 Å². The Morgan fingerprint density at radius 3 is 2.71 bits per heavy atom. The fourth-order valence-electron chi connectivity index (χ4n) is 2.23. The molecule has 2 rings (SSSR count). The molecule has 1 fully saturated rings. The van der Waals surface area contributed by atoms with Gasteiger partial charge in [0.1, 0.15) is 6.26 Å². The Bertz CT molecular complexity index is 354. The Hall–Kier alpha value is -1.36. The molecule has 0 atom stereocenters. The van der Waals surface area contributed by atoms with E-state index in [1.807, 2.05) is 0 Å². The topological polar surface area (TPSA) is 75.4 Å². The number of hydrogen-bond donors (Lipinski definition) is 2. The molecule has 0 bridgehead atoms. The summed E-state index contributed by atoms with van der Waals surface area (Å²) in [6, 6.07) is 1.51. The summed E-state index contributed by atoms with van der Waals surface area (Å²) in [5, 5.41) is 16.6. The molecule has 0 radical (unpaired) electrons. The van der Waals surface area contributed by atoms with Crippen LogP contribution in [-0.4, -0.2) is 28.3 Å². The highest BCUT2D eigenvalue weighted by Crippen LogP contribution is 2.26. The lowest BCUT2D eigenvalue weighted by molar-refractivity contribution is 0.0245. The van der Waals surface area contributed by atoms with Crippen molar-refractivity contribution in [3.05, 3.63) is 18.0 Å². The van der Waals surface area contributed by atoms with Crippen LogP contribution >= 0.6 is 0 Å². The van der Waals surface area contributed by atoms with Crippen molar-refractivity contribution in [2.45, 2.75) is 44.1 Å². The fourth-order valence-corrected chi connectivity index (χ4v) is 2.23. The lowest BCUT2D eigenvalue weighted by Gasteiger charge is -2.26. The van der Waals surface area contributed by atoms with E-state index in [0.717, 1.165) is 25.7 Å². The molecule has 1 aliphatic carbocycles. The van der Waals surface area contributed by atoms with Gasteiger partial charge in [-0.3, -0.25) is 4.79 Å². The van der Waals surface area contributed by atoms with E-state index >= 15 is 0 Å². The number of hydrogen-bond acceptors (Lipinski definition) is 4. The molecule has 1 aromatic rings. The molecule has 1 heterocycles. The van der Waals surface area contributed by atoms with E-state index in [2.05, 4.69) is 15.0 Å². The molecule has 1 amide bonds. The third-order valence-electron chi connectivity index (χ3n) is 3.28. The summed E-state index contributed by atoms with van der Waals surface area (Å²) >= 11 is 0. The molecule has 94 valence electrons. The maximum Gasteiger partial charge on any atom is 0.273 e. The van der Waals surface area contributed by atoms with Gasteiger partial charge < -0.3 is 14.9 Å². The van der Waals surface area contributed by atoms with Crippen LogP contribution in [0.15, 0.2) is 16.9 Å². The lowest BCUT2D eigenvalue weighted by atomic mass is 9.94. The van der Waals surface area contributed by atoms with Crippen LogP contribution in [0.3, 0.4) is 0 Å². The van der Waals surface area contributed by atoms with Crippen molar-refractivity contribution >= 4 is 5.91 Å². The van der Waals surface area contributed by atoms with Gasteiger partial charge in [-0.05, 0) is 12.8 Å². The van der Waals surface area contributed by atoms with Gasteiger partial charge in [-0.25, -0.2) is 0 Å². The molecular formula is C12H18N2O3. The zero-order valence-electron chi connectivity index (χ0n) is 9.82. The highest BCUT2D eigenvalue weighted by atomic mass is 16.5.